The molecule has 0 bridgehead atoms. The van der Waals surface area contributed by atoms with E-state index in [0.29, 0.717) is 11.3 Å². The van der Waals surface area contributed by atoms with E-state index in [-0.39, 0.29) is 5.60 Å². The largest absolute Gasteiger partial charge is 0.374 e. The molecule has 130 valence electrons. The van der Waals surface area contributed by atoms with Gasteiger partial charge in [0, 0.05) is 37.3 Å². The maximum absolute atomic E-state index is 6.24. The zero-order valence-electron chi connectivity index (χ0n) is 14.9. The second-order valence-electron chi connectivity index (χ2n) is 8.16. The first kappa shape index (κ1) is 16.9. The monoisotopic (exact) mass is 320 g/mol. The third-order valence-corrected chi connectivity index (χ3v) is 5.47. The number of nitrogens with one attached hydrogen (secondary N) is 3. The fourth-order valence-corrected chi connectivity index (χ4v) is 4.32. The molecule has 2 aliphatic rings. The molecule has 0 amide bonds. The Bertz CT molecular complexity index is 503. The van der Waals surface area contributed by atoms with Gasteiger partial charge in [-0.25, -0.2) is 0 Å². The van der Waals surface area contributed by atoms with Crippen LogP contribution in [0.3, 0.4) is 0 Å². The highest BCUT2D eigenvalue weighted by Gasteiger charge is 2.46. The lowest BCUT2D eigenvalue weighted by atomic mass is 9.72. The number of ether oxygens (including phenoxy) is 1. The van der Waals surface area contributed by atoms with Crippen LogP contribution in [0.2, 0.25) is 0 Å². The standard InChI is InChI=1S/C18H32N4O/c1-17(2)12-18(23-13-17)6-4-14(5-7-18)16-15(11-21-22-16)10-20-9-8-19-3/h11,14,19-20H,4-10,12-13H2,1-3H3,(H,21,22)/t14-,18+. The summed E-state index contributed by atoms with van der Waals surface area (Å²) in [5.74, 6) is 0.584. The lowest BCUT2D eigenvalue weighted by Crippen LogP contribution is -2.34. The summed E-state index contributed by atoms with van der Waals surface area (Å²) in [6, 6.07) is 0. The summed E-state index contributed by atoms with van der Waals surface area (Å²) >= 11 is 0. The summed E-state index contributed by atoms with van der Waals surface area (Å²) in [5.41, 5.74) is 3.10. The molecule has 3 rings (SSSR count). The molecule has 1 aliphatic carbocycles. The number of hydrogen-bond acceptors (Lipinski definition) is 4. The van der Waals surface area contributed by atoms with Gasteiger partial charge in [0.25, 0.3) is 0 Å². The molecule has 1 aliphatic heterocycles. The summed E-state index contributed by atoms with van der Waals surface area (Å²) in [4.78, 5) is 0. The summed E-state index contributed by atoms with van der Waals surface area (Å²) in [7, 11) is 1.98. The Morgan fingerprint density at radius 2 is 2.09 bits per heavy atom. The second-order valence-corrected chi connectivity index (χ2v) is 8.16. The van der Waals surface area contributed by atoms with Gasteiger partial charge in [0.15, 0.2) is 0 Å². The van der Waals surface area contributed by atoms with E-state index >= 15 is 0 Å². The topological polar surface area (TPSA) is 62.0 Å². The van der Waals surface area contributed by atoms with Crippen molar-refractivity contribution in [2.24, 2.45) is 5.41 Å². The van der Waals surface area contributed by atoms with Gasteiger partial charge in [-0.2, -0.15) is 5.10 Å². The van der Waals surface area contributed by atoms with E-state index in [4.69, 9.17) is 4.74 Å². The molecule has 0 unspecified atom stereocenters. The van der Waals surface area contributed by atoms with Crippen LogP contribution in [0.25, 0.3) is 0 Å². The Balaban J connectivity index is 1.55. The van der Waals surface area contributed by atoms with Crippen molar-refractivity contribution >= 4 is 0 Å². The fourth-order valence-electron chi connectivity index (χ4n) is 4.32. The van der Waals surface area contributed by atoms with E-state index in [9.17, 15) is 0 Å². The fraction of sp³-hybridized carbons (Fsp3) is 0.833. The molecule has 1 saturated heterocycles. The first-order chi connectivity index (χ1) is 11.0. The van der Waals surface area contributed by atoms with Gasteiger partial charge in [-0.3, -0.25) is 5.10 Å². The van der Waals surface area contributed by atoms with E-state index in [1.54, 1.807) is 0 Å². The predicted molar refractivity (Wildman–Crippen MR) is 92.5 cm³/mol. The molecule has 1 saturated carbocycles. The third-order valence-electron chi connectivity index (χ3n) is 5.47. The number of aromatic amines is 1. The van der Waals surface area contributed by atoms with Crippen LogP contribution >= 0.6 is 0 Å². The average Bonchev–Trinajstić information content (AvgIpc) is 3.10. The van der Waals surface area contributed by atoms with Crippen LogP contribution in [0.15, 0.2) is 6.20 Å². The Kier molecular flexibility index (Phi) is 5.09. The van der Waals surface area contributed by atoms with E-state index in [2.05, 4.69) is 40.9 Å². The van der Waals surface area contributed by atoms with Crippen molar-refractivity contribution < 1.29 is 4.74 Å². The summed E-state index contributed by atoms with van der Waals surface area (Å²) in [6.45, 7) is 8.45. The maximum atomic E-state index is 6.24. The van der Waals surface area contributed by atoms with Crippen LogP contribution in [-0.2, 0) is 11.3 Å². The summed E-state index contributed by atoms with van der Waals surface area (Å²) < 4.78 is 6.24. The molecular formula is C18H32N4O. The highest BCUT2D eigenvalue weighted by atomic mass is 16.5. The van der Waals surface area contributed by atoms with Gasteiger partial charge in [-0.05, 0) is 44.6 Å². The van der Waals surface area contributed by atoms with Crippen molar-refractivity contribution in [3.8, 4) is 0 Å². The quantitative estimate of drug-likeness (QED) is 0.705. The summed E-state index contributed by atoms with van der Waals surface area (Å²) in [6.07, 6.45) is 8.03. The van der Waals surface area contributed by atoms with Crippen LogP contribution in [-0.4, -0.2) is 42.5 Å². The SMILES string of the molecule is CNCCNCc1c[nH]nc1[C@H]1CC[C@@]2(CC1)CC(C)(C)CO2. The van der Waals surface area contributed by atoms with Gasteiger partial charge in [0.05, 0.1) is 17.9 Å². The van der Waals surface area contributed by atoms with Gasteiger partial charge in [0.2, 0.25) is 0 Å². The van der Waals surface area contributed by atoms with Crippen molar-refractivity contribution in [2.45, 2.75) is 64.0 Å². The normalized spacial score (nSPS) is 30.1. The lowest BCUT2D eigenvalue weighted by Gasteiger charge is -2.36. The lowest BCUT2D eigenvalue weighted by molar-refractivity contribution is -0.0296. The molecule has 0 atom stereocenters. The molecule has 2 fully saturated rings. The molecule has 23 heavy (non-hydrogen) atoms. The highest BCUT2D eigenvalue weighted by Crippen LogP contribution is 2.49. The molecule has 1 spiro atoms. The van der Waals surface area contributed by atoms with Crippen molar-refractivity contribution in [2.75, 3.05) is 26.7 Å². The number of H-pyrrole nitrogens is 1. The van der Waals surface area contributed by atoms with Crippen molar-refractivity contribution in [3.63, 3.8) is 0 Å². The molecule has 0 aromatic carbocycles. The van der Waals surface area contributed by atoms with Gasteiger partial charge >= 0.3 is 0 Å². The van der Waals surface area contributed by atoms with Crippen LogP contribution in [0.5, 0.6) is 0 Å². The Morgan fingerprint density at radius 3 is 2.74 bits per heavy atom. The van der Waals surface area contributed by atoms with Crippen LogP contribution in [0, 0.1) is 5.41 Å². The Morgan fingerprint density at radius 1 is 1.30 bits per heavy atom. The van der Waals surface area contributed by atoms with Crippen LogP contribution < -0.4 is 10.6 Å². The van der Waals surface area contributed by atoms with Crippen molar-refractivity contribution in [1.29, 1.82) is 0 Å². The van der Waals surface area contributed by atoms with Crippen molar-refractivity contribution in [3.05, 3.63) is 17.5 Å². The van der Waals surface area contributed by atoms with Crippen LogP contribution in [0.4, 0.5) is 0 Å². The number of rotatable bonds is 6. The minimum absolute atomic E-state index is 0.154. The maximum Gasteiger partial charge on any atom is 0.0697 e. The molecule has 5 nitrogen and oxygen atoms in total. The molecule has 2 heterocycles. The summed E-state index contributed by atoms with van der Waals surface area (Å²) in [5, 5.41) is 14.3. The molecule has 0 radical (unpaired) electrons. The van der Waals surface area contributed by atoms with Gasteiger partial charge in [-0.1, -0.05) is 13.8 Å². The van der Waals surface area contributed by atoms with Crippen LogP contribution in [0.1, 0.15) is 63.1 Å². The van der Waals surface area contributed by atoms with E-state index in [0.717, 1.165) is 26.2 Å². The zero-order valence-corrected chi connectivity index (χ0v) is 14.9. The van der Waals surface area contributed by atoms with Crippen molar-refractivity contribution in [1.82, 2.24) is 20.8 Å². The predicted octanol–water partition coefficient (Wildman–Crippen LogP) is 2.56. The van der Waals surface area contributed by atoms with Gasteiger partial charge < -0.3 is 15.4 Å². The number of hydrogen-bond donors (Lipinski definition) is 3. The molecule has 1 aromatic rings. The minimum atomic E-state index is 0.154. The smallest absolute Gasteiger partial charge is 0.0697 e. The minimum Gasteiger partial charge on any atom is -0.374 e. The number of aromatic nitrogens is 2. The molecule has 1 aromatic heterocycles. The third kappa shape index (κ3) is 3.95. The highest BCUT2D eigenvalue weighted by molar-refractivity contribution is 5.21. The second kappa shape index (κ2) is 6.91. The van der Waals surface area contributed by atoms with Gasteiger partial charge in [-0.15, -0.1) is 0 Å². The zero-order chi connectivity index (χ0) is 16.3. The Hall–Kier alpha value is -0.910. The molecule has 5 heteroatoms. The molecular weight excluding hydrogens is 288 g/mol. The van der Waals surface area contributed by atoms with E-state index in [1.165, 1.54) is 43.4 Å². The first-order valence-corrected chi connectivity index (χ1v) is 9.05. The Labute approximate surface area is 140 Å². The average molecular weight is 320 g/mol. The van der Waals surface area contributed by atoms with E-state index in [1.807, 2.05) is 7.05 Å². The molecule has 3 N–H and O–H groups in total. The van der Waals surface area contributed by atoms with E-state index < -0.39 is 0 Å². The number of nitrogens with zero attached hydrogens (tertiary/aromatic N) is 1. The van der Waals surface area contributed by atoms with Gasteiger partial charge in [0.1, 0.15) is 0 Å². The first-order valence-electron chi connectivity index (χ1n) is 9.05. The number of likely N-dealkylation sites (N-methyl/N-ethyl adjacent to an activating group) is 1.